The van der Waals surface area contributed by atoms with E-state index in [0.29, 0.717) is 22.8 Å². The maximum Gasteiger partial charge on any atom is 0.416 e. The molecule has 0 N–H and O–H groups in total. The first-order valence-corrected chi connectivity index (χ1v) is 12.0. The van der Waals surface area contributed by atoms with Crippen LogP contribution in [0.3, 0.4) is 0 Å². The molecule has 0 radical (unpaired) electrons. The van der Waals surface area contributed by atoms with Crippen LogP contribution in [0.15, 0.2) is 65.8 Å². The van der Waals surface area contributed by atoms with E-state index in [-0.39, 0.29) is 50.7 Å². The van der Waals surface area contributed by atoms with Crippen molar-refractivity contribution in [1.29, 1.82) is 0 Å². The second-order valence-corrected chi connectivity index (χ2v) is 8.76. The van der Waals surface area contributed by atoms with Gasteiger partial charge in [0.1, 0.15) is 5.82 Å². The number of hydrogen-bond donors (Lipinski definition) is 0. The van der Waals surface area contributed by atoms with Crippen molar-refractivity contribution in [3.8, 4) is 34.3 Å². The number of thioether (sulfide) groups is 1. The monoisotopic (exact) mass is 627 g/mol. The van der Waals surface area contributed by atoms with Crippen LogP contribution in [0.2, 0.25) is 0 Å². The Kier molecular flexibility index (Phi) is 9.62. The predicted molar refractivity (Wildman–Crippen MR) is 143 cm³/mol. The summed E-state index contributed by atoms with van der Waals surface area (Å²) in [5.41, 5.74) is -0.0294. The minimum atomic E-state index is -4.58. The number of carbonyl (C=O) groups is 1. The van der Waals surface area contributed by atoms with E-state index in [4.69, 9.17) is 14.2 Å². The Hall–Kier alpha value is -3.58. The molecule has 206 valence electrons. The first-order valence-electron chi connectivity index (χ1n) is 11.0. The minimum absolute atomic E-state index is 0. The largest absolute Gasteiger partial charge is 0.493 e. The van der Waals surface area contributed by atoms with E-state index in [1.807, 2.05) is 0 Å². The van der Waals surface area contributed by atoms with Crippen molar-refractivity contribution in [2.75, 3.05) is 27.1 Å². The van der Waals surface area contributed by atoms with E-state index in [0.717, 1.165) is 23.9 Å². The van der Waals surface area contributed by atoms with Gasteiger partial charge < -0.3 is 14.2 Å². The van der Waals surface area contributed by atoms with Gasteiger partial charge in [0.2, 0.25) is 5.75 Å². The van der Waals surface area contributed by atoms with E-state index >= 15 is 0 Å². The van der Waals surface area contributed by atoms with Crippen molar-refractivity contribution >= 4 is 34.5 Å². The molecule has 0 bridgehead atoms. The Morgan fingerprint density at radius 2 is 1.56 bits per heavy atom. The van der Waals surface area contributed by atoms with E-state index in [2.05, 4.69) is 10.2 Å². The summed E-state index contributed by atoms with van der Waals surface area (Å²) >= 11 is 0.983. The molecule has 0 aliphatic carbocycles. The van der Waals surface area contributed by atoms with Crippen LogP contribution in [-0.2, 0) is 6.18 Å². The molecule has 1 heterocycles. The highest BCUT2D eigenvalue weighted by Crippen LogP contribution is 2.42. The highest BCUT2D eigenvalue weighted by Gasteiger charge is 2.31. The molecular weight excluding hydrogens is 606 g/mol. The summed E-state index contributed by atoms with van der Waals surface area (Å²) in [5.74, 6) is 0.209. The van der Waals surface area contributed by atoms with Crippen LogP contribution >= 0.6 is 28.7 Å². The summed E-state index contributed by atoms with van der Waals surface area (Å²) in [6, 6.07) is 12.9. The van der Waals surface area contributed by atoms with Crippen LogP contribution in [0.5, 0.6) is 17.2 Å². The summed E-state index contributed by atoms with van der Waals surface area (Å²) in [7, 11) is 4.31. The van der Waals surface area contributed by atoms with Crippen molar-refractivity contribution < 1.29 is 36.6 Å². The molecule has 0 amide bonds. The number of ketones is 1. The van der Waals surface area contributed by atoms with Gasteiger partial charge in [0.25, 0.3) is 0 Å². The third kappa shape index (κ3) is 6.53. The molecule has 1 aromatic heterocycles. The molecule has 0 saturated carbocycles. The van der Waals surface area contributed by atoms with Crippen molar-refractivity contribution in [3.63, 3.8) is 0 Å². The Labute approximate surface area is 235 Å². The van der Waals surface area contributed by atoms with Crippen LogP contribution in [0.1, 0.15) is 15.9 Å². The van der Waals surface area contributed by atoms with Crippen molar-refractivity contribution in [3.05, 3.63) is 77.6 Å². The fraction of sp³-hybridized carbons (Fsp3) is 0.192. The highest BCUT2D eigenvalue weighted by molar-refractivity contribution is 8.93. The Bertz CT molecular complexity index is 1440. The van der Waals surface area contributed by atoms with Gasteiger partial charge in [-0.25, -0.2) is 4.39 Å². The number of aromatic nitrogens is 3. The van der Waals surface area contributed by atoms with Gasteiger partial charge in [-0.3, -0.25) is 9.36 Å². The summed E-state index contributed by atoms with van der Waals surface area (Å²) in [4.78, 5) is 12.7. The van der Waals surface area contributed by atoms with Gasteiger partial charge in [-0.2, -0.15) is 13.2 Å². The normalized spacial score (nSPS) is 11.1. The molecule has 0 unspecified atom stereocenters. The van der Waals surface area contributed by atoms with Crippen LogP contribution in [-0.4, -0.2) is 47.6 Å². The van der Waals surface area contributed by atoms with Crippen LogP contribution in [0, 0.1) is 5.82 Å². The number of methoxy groups -OCH3 is 3. The number of halogens is 5. The lowest BCUT2D eigenvalue weighted by Crippen LogP contribution is -2.08. The number of benzene rings is 3. The number of Topliss-reactive ketones (excluding diaryl/α,β-unsaturated/α-hetero) is 1. The zero-order chi connectivity index (χ0) is 27.4. The quantitative estimate of drug-likeness (QED) is 0.116. The molecule has 4 rings (SSSR count). The van der Waals surface area contributed by atoms with E-state index in [1.165, 1.54) is 62.3 Å². The van der Waals surface area contributed by atoms with Crippen LogP contribution in [0.4, 0.5) is 17.6 Å². The van der Waals surface area contributed by atoms with Gasteiger partial charge in [-0.15, -0.1) is 27.2 Å². The molecule has 13 heteroatoms. The zero-order valence-electron chi connectivity index (χ0n) is 20.8. The Balaban J connectivity index is 0.00000420. The number of nitrogens with zero attached hydrogens (tertiary/aromatic N) is 3. The highest BCUT2D eigenvalue weighted by atomic mass is 79.9. The lowest BCUT2D eigenvalue weighted by molar-refractivity contribution is -0.137. The fourth-order valence-corrected chi connectivity index (χ4v) is 4.51. The fourth-order valence-electron chi connectivity index (χ4n) is 3.66. The first-order chi connectivity index (χ1) is 18.2. The van der Waals surface area contributed by atoms with Crippen molar-refractivity contribution in [2.24, 2.45) is 0 Å². The van der Waals surface area contributed by atoms with Gasteiger partial charge in [0, 0.05) is 11.1 Å². The summed E-state index contributed by atoms with van der Waals surface area (Å²) in [6.45, 7) is 0. The average molecular weight is 628 g/mol. The van der Waals surface area contributed by atoms with E-state index in [9.17, 15) is 22.4 Å². The van der Waals surface area contributed by atoms with Crippen LogP contribution < -0.4 is 14.2 Å². The standard InChI is InChI=1S/C26H21F4N3O4S.BrH/c1-35-21-11-16(12-22(36-2)23(21)37-3)24-31-32-25(38-14-20(34)15-7-9-18(27)10-8-15)33(24)19-6-4-5-17(13-19)26(28,29)30;/h4-13H,14H2,1-3H3;1H. The maximum atomic E-state index is 13.5. The minimum Gasteiger partial charge on any atom is -0.493 e. The summed E-state index contributed by atoms with van der Waals surface area (Å²) < 4.78 is 71.4. The predicted octanol–water partition coefficient (Wildman–Crippen LogP) is 6.67. The molecule has 0 aliphatic rings. The van der Waals surface area contributed by atoms with Gasteiger partial charge in [-0.1, -0.05) is 17.8 Å². The lowest BCUT2D eigenvalue weighted by Gasteiger charge is -2.16. The third-order valence-electron chi connectivity index (χ3n) is 5.49. The van der Waals surface area contributed by atoms with E-state index < -0.39 is 17.6 Å². The molecule has 0 atom stereocenters. The van der Waals surface area contributed by atoms with Gasteiger partial charge in [0.15, 0.2) is 28.3 Å². The SMILES string of the molecule is Br.COc1cc(-c2nnc(SCC(=O)c3ccc(F)cc3)n2-c2cccc(C(F)(F)F)c2)cc(OC)c1OC. The van der Waals surface area contributed by atoms with Gasteiger partial charge >= 0.3 is 6.18 Å². The number of alkyl halides is 3. The molecule has 39 heavy (non-hydrogen) atoms. The first kappa shape index (κ1) is 30.0. The third-order valence-corrected chi connectivity index (χ3v) is 6.42. The summed E-state index contributed by atoms with van der Waals surface area (Å²) in [5, 5.41) is 8.55. The Morgan fingerprint density at radius 3 is 2.13 bits per heavy atom. The van der Waals surface area contributed by atoms with Gasteiger partial charge in [0.05, 0.1) is 38.3 Å². The zero-order valence-corrected chi connectivity index (χ0v) is 23.3. The summed E-state index contributed by atoms with van der Waals surface area (Å²) in [6.07, 6.45) is -4.58. The van der Waals surface area contributed by atoms with Gasteiger partial charge in [-0.05, 0) is 54.6 Å². The molecule has 4 aromatic rings. The number of carbonyl (C=O) groups excluding carboxylic acids is 1. The smallest absolute Gasteiger partial charge is 0.416 e. The second kappa shape index (κ2) is 12.5. The number of rotatable bonds is 9. The second-order valence-electron chi connectivity index (χ2n) is 7.82. The van der Waals surface area contributed by atoms with Crippen molar-refractivity contribution in [1.82, 2.24) is 14.8 Å². The van der Waals surface area contributed by atoms with E-state index in [1.54, 1.807) is 12.1 Å². The van der Waals surface area contributed by atoms with Crippen molar-refractivity contribution in [2.45, 2.75) is 11.3 Å². The molecule has 3 aromatic carbocycles. The maximum absolute atomic E-state index is 13.5. The van der Waals surface area contributed by atoms with Crippen LogP contribution in [0.25, 0.3) is 17.1 Å². The lowest BCUT2D eigenvalue weighted by atomic mass is 10.1. The molecule has 0 aliphatic heterocycles. The number of ether oxygens (including phenoxy) is 3. The molecule has 7 nitrogen and oxygen atoms in total. The molecular formula is C26H22BrF4N3O4S. The average Bonchev–Trinajstić information content (AvgIpc) is 3.34. The Morgan fingerprint density at radius 1 is 0.923 bits per heavy atom. The molecule has 0 fully saturated rings. The topological polar surface area (TPSA) is 75.5 Å². The molecule has 0 spiro atoms. The number of hydrogen-bond acceptors (Lipinski definition) is 7. The molecule has 0 saturated heterocycles.